The maximum absolute atomic E-state index is 5.09. The van der Waals surface area contributed by atoms with E-state index < -0.39 is 16.5 Å². The fraction of sp³-hybridized carbons (Fsp3) is 0. The molecule has 0 fully saturated rings. The lowest BCUT2D eigenvalue weighted by molar-refractivity contribution is 0.963. The van der Waals surface area contributed by atoms with Gasteiger partial charge in [0.2, 0.25) is 22.4 Å². The normalized spacial score (nSPS) is 11.6. The first-order chi connectivity index (χ1) is 22.4. The van der Waals surface area contributed by atoms with Crippen LogP contribution in [0.4, 0.5) is 5.95 Å². The summed E-state index contributed by atoms with van der Waals surface area (Å²) in [5, 5.41) is 16.9. The highest BCUT2D eigenvalue weighted by Crippen LogP contribution is 2.27. The van der Waals surface area contributed by atoms with Crippen molar-refractivity contribution in [1.82, 2.24) is 15.2 Å². The van der Waals surface area contributed by atoms with Crippen molar-refractivity contribution < 1.29 is 0 Å². The minimum atomic E-state index is -3.25. The SMILES string of the molecule is c1ccc([Si](c2ccccc2)(c2ccccc2)N(c2nccnn2)[Si](c2ccccc2)(c2ccccc2)c2ccccc2)cc1. The monoisotopic (exact) mass is 612 g/mol. The highest BCUT2D eigenvalue weighted by atomic mass is 28.4. The minimum absolute atomic E-state index is 0.615. The van der Waals surface area contributed by atoms with E-state index in [1.807, 2.05) is 0 Å². The fourth-order valence-corrected chi connectivity index (χ4v) is 19.5. The van der Waals surface area contributed by atoms with Crippen molar-refractivity contribution in [1.29, 1.82) is 0 Å². The standard InChI is InChI=1S/C39H32N4Si2/c1-7-19-33(20-8-1)44(34-21-9-2-10-22-34,35-23-11-3-12-24-35)43(39-40-31-32-41-42-39)45(36-25-13-4-14-26-36,37-27-15-5-16-28-37)38-29-17-6-18-30-38/h1-32H. The zero-order valence-corrected chi connectivity index (χ0v) is 26.8. The van der Waals surface area contributed by atoms with Crippen molar-refractivity contribution in [2.24, 2.45) is 0 Å². The molecule has 0 aliphatic heterocycles. The first-order valence-corrected chi connectivity index (χ1v) is 19.0. The van der Waals surface area contributed by atoms with Gasteiger partial charge in [-0.25, -0.2) is 4.98 Å². The Morgan fingerprint density at radius 3 is 0.822 bits per heavy atom. The summed E-state index contributed by atoms with van der Waals surface area (Å²) in [4.78, 5) is 5.09. The number of anilines is 1. The number of hydrogen-bond donors (Lipinski definition) is 0. The summed E-state index contributed by atoms with van der Waals surface area (Å²) >= 11 is 0. The fourth-order valence-electron chi connectivity index (χ4n) is 6.75. The van der Waals surface area contributed by atoms with Gasteiger partial charge in [-0.1, -0.05) is 182 Å². The van der Waals surface area contributed by atoms with E-state index in [2.05, 4.69) is 191 Å². The van der Waals surface area contributed by atoms with Gasteiger partial charge in [0.1, 0.15) is 0 Å². The molecule has 0 atom stereocenters. The van der Waals surface area contributed by atoms with E-state index in [0.717, 1.165) is 0 Å². The topological polar surface area (TPSA) is 41.9 Å². The van der Waals surface area contributed by atoms with E-state index in [9.17, 15) is 0 Å². The Labute approximate surface area is 266 Å². The Hall–Kier alpha value is -5.44. The average molecular weight is 613 g/mol. The Morgan fingerprint density at radius 2 is 0.600 bits per heavy atom. The third-order valence-corrected chi connectivity index (χ3v) is 19.3. The minimum Gasteiger partial charge on any atom is -0.370 e. The van der Waals surface area contributed by atoms with E-state index in [4.69, 9.17) is 10.1 Å². The number of hydrogen-bond acceptors (Lipinski definition) is 4. The van der Waals surface area contributed by atoms with Crippen LogP contribution < -0.4 is 35.4 Å². The van der Waals surface area contributed by atoms with Crippen molar-refractivity contribution in [3.63, 3.8) is 0 Å². The molecule has 0 saturated heterocycles. The van der Waals surface area contributed by atoms with Gasteiger partial charge in [-0.05, 0) is 31.1 Å². The van der Waals surface area contributed by atoms with Crippen LogP contribution in [0.2, 0.25) is 0 Å². The maximum Gasteiger partial charge on any atom is 0.248 e. The number of aromatic nitrogens is 3. The predicted octanol–water partition coefficient (Wildman–Crippen LogP) is 4.01. The molecule has 1 aromatic heterocycles. The van der Waals surface area contributed by atoms with E-state index in [0.29, 0.717) is 5.95 Å². The molecule has 0 aliphatic rings. The second-order valence-electron chi connectivity index (χ2n) is 10.9. The molecule has 0 unspecified atom stereocenters. The molecule has 4 nitrogen and oxygen atoms in total. The molecule has 0 spiro atoms. The van der Waals surface area contributed by atoms with Crippen LogP contribution in [0.5, 0.6) is 0 Å². The lowest BCUT2D eigenvalue weighted by Gasteiger charge is -2.53. The number of nitrogens with zero attached hydrogens (tertiary/aromatic N) is 4. The molecule has 6 heteroatoms. The molecule has 45 heavy (non-hydrogen) atoms. The average Bonchev–Trinajstić information content (AvgIpc) is 3.14. The third kappa shape index (κ3) is 4.90. The molecule has 0 bridgehead atoms. The quantitative estimate of drug-likeness (QED) is 0.183. The lowest BCUT2D eigenvalue weighted by Crippen LogP contribution is -2.91. The first kappa shape index (κ1) is 28.3. The van der Waals surface area contributed by atoms with Crippen molar-refractivity contribution >= 4 is 53.5 Å². The summed E-state index contributed by atoms with van der Waals surface area (Å²) in [5.74, 6) is 0.615. The molecule has 7 aromatic rings. The van der Waals surface area contributed by atoms with E-state index in [1.54, 1.807) is 12.4 Å². The number of benzene rings is 6. The Balaban J connectivity index is 1.77. The number of rotatable bonds is 9. The van der Waals surface area contributed by atoms with Gasteiger partial charge in [-0.15, -0.1) is 5.10 Å². The first-order valence-electron chi connectivity index (χ1n) is 15.1. The smallest absolute Gasteiger partial charge is 0.248 e. The third-order valence-electron chi connectivity index (χ3n) is 8.49. The van der Waals surface area contributed by atoms with Gasteiger partial charge < -0.3 is 4.23 Å². The maximum atomic E-state index is 5.09. The summed E-state index contributed by atoms with van der Waals surface area (Å²) in [6.45, 7) is 0. The molecule has 1 heterocycles. The summed E-state index contributed by atoms with van der Waals surface area (Å²) in [7, 11) is -6.50. The van der Waals surface area contributed by atoms with Crippen LogP contribution in [0.25, 0.3) is 0 Å². The van der Waals surface area contributed by atoms with Crippen LogP contribution in [0, 0.1) is 0 Å². The zero-order chi connectivity index (χ0) is 30.4. The van der Waals surface area contributed by atoms with Crippen LogP contribution in [-0.2, 0) is 0 Å². The van der Waals surface area contributed by atoms with Crippen molar-refractivity contribution in [3.05, 3.63) is 194 Å². The van der Waals surface area contributed by atoms with Crippen LogP contribution >= 0.6 is 0 Å². The Kier molecular flexibility index (Phi) is 7.97. The van der Waals surface area contributed by atoms with Gasteiger partial charge in [-0.3, -0.25) is 0 Å². The van der Waals surface area contributed by atoms with Gasteiger partial charge in [0.15, 0.2) is 0 Å². The molecule has 6 aromatic carbocycles. The van der Waals surface area contributed by atoms with Crippen LogP contribution in [0.1, 0.15) is 0 Å². The van der Waals surface area contributed by atoms with E-state index >= 15 is 0 Å². The molecule has 0 radical (unpaired) electrons. The summed E-state index contributed by atoms with van der Waals surface area (Å²) in [6.07, 6.45) is 3.44. The lowest BCUT2D eigenvalue weighted by atomic mass is 10.3. The predicted molar refractivity (Wildman–Crippen MR) is 190 cm³/mol. The van der Waals surface area contributed by atoms with Gasteiger partial charge in [0.05, 0.1) is 12.4 Å². The molecular weight excluding hydrogens is 581 g/mol. The zero-order valence-electron chi connectivity index (χ0n) is 24.8. The Morgan fingerprint density at radius 1 is 0.333 bits per heavy atom. The molecule has 0 amide bonds. The van der Waals surface area contributed by atoms with Crippen molar-refractivity contribution in [3.8, 4) is 0 Å². The highest BCUT2D eigenvalue weighted by molar-refractivity contribution is 7.29. The molecule has 0 saturated carbocycles. The van der Waals surface area contributed by atoms with Gasteiger partial charge in [-0.2, -0.15) is 5.10 Å². The van der Waals surface area contributed by atoms with Crippen molar-refractivity contribution in [2.75, 3.05) is 4.23 Å². The second-order valence-corrected chi connectivity index (χ2v) is 18.5. The largest absolute Gasteiger partial charge is 0.370 e. The van der Waals surface area contributed by atoms with Crippen LogP contribution in [0.15, 0.2) is 194 Å². The van der Waals surface area contributed by atoms with Crippen LogP contribution in [0.3, 0.4) is 0 Å². The molecule has 0 aliphatic carbocycles. The van der Waals surface area contributed by atoms with E-state index in [-0.39, 0.29) is 0 Å². The van der Waals surface area contributed by atoms with Crippen molar-refractivity contribution in [2.45, 2.75) is 0 Å². The summed E-state index contributed by atoms with van der Waals surface area (Å²) in [6, 6.07) is 65.9. The molecule has 0 N–H and O–H groups in total. The Bertz CT molecular complexity index is 1610. The highest BCUT2D eigenvalue weighted by Gasteiger charge is 2.59. The molecular formula is C39H32N4Si2. The van der Waals surface area contributed by atoms with E-state index in [1.165, 1.54) is 31.1 Å². The summed E-state index contributed by atoms with van der Waals surface area (Å²) < 4.78 is 2.67. The molecule has 7 rings (SSSR count). The van der Waals surface area contributed by atoms with Gasteiger partial charge in [0, 0.05) is 0 Å². The summed E-state index contributed by atoms with van der Waals surface area (Å²) in [5.41, 5.74) is 0. The van der Waals surface area contributed by atoms with Gasteiger partial charge >= 0.3 is 0 Å². The van der Waals surface area contributed by atoms with Gasteiger partial charge in [0.25, 0.3) is 0 Å². The molecule has 216 valence electrons. The second kappa shape index (κ2) is 12.7. The van der Waals surface area contributed by atoms with Crippen LogP contribution in [-0.4, -0.2) is 31.7 Å².